The number of ether oxygens (including phenoxy) is 1. The second-order valence-corrected chi connectivity index (χ2v) is 6.79. The van der Waals surface area contributed by atoms with Crippen molar-refractivity contribution in [1.29, 1.82) is 0 Å². The lowest BCUT2D eigenvalue weighted by Gasteiger charge is -2.24. The molecule has 2 aromatic rings. The van der Waals surface area contributed by atoms with E-state index in [0.717, 1.165) is 36.4 Å². The summed E-state index contributed by atoms with van der Waals surface area (Å²) in [4.78, 5) is 14.7. The predicted octanol–water partition coefficient (Wildman–Crippen LogP) is 3.36. The molecule has 2 aromatic carbocycles. The van der Waals surface area contributed by atoms with E-state index in [4.69, 9.17) is 4.74 Å². The van der Waals surface area contributed by atoms with E-state index < -0.39 is 0 Å². The molecule has 0 unspecified atom stereocenters. The second-order valence-electron chi connectivity index (χ2n) is 6.79. The number of halogens is 1. The van der Waals surface area contributed by atoms with Gasteiger partial charge in [-0.2, -0.15) is 0 Å². The van der Waals surface area contributed by atoms with Gasteiger partial charge >= 0.3 is 0 Å². The third kappa shape index (κ3) is 5.05. The fourth-order valence-corrected chi connectivity index (χ4v) is 3.30. The summed E-state index contributed by atoms with van der Waals surface area (Å²) in [5.41, 5.74) is 1.83. The van der Waals surface area contributed by atoms with Gasteiger partial charge in [0.15, 0.2) is 0 Å². The van der Waals surface area contributed by atoms with E-state index in [1.807, 2.05) is 35.2 Å². The first-order valence-electron chi connectivity index (χ1n) is 9.00. The Kier molecular flexibility index (Phi) is 6.23. The molecule has 0 aromatic heterocycles. The minimum absolute atomic E-state index is 0.110. The molecule has 0 aliphatic carbocycles. The summed E-state index contributed by atoms with van der Waals surface area (Å²) in [7, 11) is 1.63. The Morgan fingerprint density at radius 3 is 2.62 bits per heavy atom. The Bertz CT molecular complexity index is 727. The zero-order chi connectivity index (χ0) is 18.4. The lowest BCUT2D eigenvalue weighted by atomic mass is 10.0. The number of hydrogen-bond acceptors (Lipinski definition) is 3. The average Bonchev–Trinajstić information content (AvgIpc) is 3.15. The van der Waals surface area contributed by atoms with Gasteiger partial charge < -0.3 is 15.0 Å². The minimum atomic E-state index is -0.278. The first-order valence-corrected chi connectivity index (χ1v) is 9.00. The molecule has 1 saturated heterocycles. The summed E-state index contributed by atoms with van der Waals surface area (Å²) in [5, 5.41) is 3.30. The van der Waals surface area contributed by atoms with Gasteiger partial charge in [0.25, 0.3) is 0 Å². The fraction of sp³-hybridized carbons (Fsp3) is 0.381. The molecule has 3 rings (SSSR count). The van der Waals surface area contributed by atoms with Crippen molar-refractivity contribution in [2.75, 3.05) is 20.2 Å². The van der Waals surface area contributed by atoms with Gasteiger partial charge in [0, 0.05) is 19.5 Å². The van der Waals surface area contributed by atoms with Gasteiger partial charge in [0.2, 0.25) is 5.91 Å². The first-order chi connectivity index (χ1) is 12.6. The summed E-state index contributed by atoms with van der Waals surface area (Å²) in [5.74, 6) is 1.00. The number of rotatable bonds is 7. The van der Waals surface area contributed by atoms with E-state index in [9.17, 15) is 9.18 Å². The van der Waals surface area contributed by atoms with E-state index in [0.29, 0.717) is 25.4 Å². The zero-order valence-corrected chi connectivity index (χ0v) is 15.1. The average molecular weight is 356 g/mol. The number of nitrogens with one attached hydrogen (secondary N) is 1. The molecule has 0 saturated carbocycles. The van der Waals surface area contributed by atoms with Crippen LogP contribution in [0.25, 0.3) is 0 Å². The lowest BCUT2D eigenvalue weighted by Crippen LogP contribution is -2.32. The summed E-state index contributed by atoms with van der Waals surface area (Å²) in [6, 6.07) is 14.1. The molecule has 1 amide bonds. The SMILES string of the molecule is COc1ccc(CN(Cc2cccc(F)c2)C(=O)C[C@H]2CCNC2)cc1. The minimum Gasteiger partial charge on any atom is -0.497 e. The summed E-state index contributed by atoms with van der Waals surface area (Å²) < 4.78 is 18.7. The van der Waals surface area contributed by atoms with Crippen LogP contribution in [-0.2, 0) is 17.9 Å². The highest BCUT2D eigenvalue weighted by molar-refractivity contribution is 5.76. The Balaban J connectivity index is 1.73. The molecule has 0 radical (unpaired) electrons. The van der Waals surface area contributed by atoms with Crippen LogP contribution in [0.3, 0.4) is 0 Å². The molecule has 1 heterocycles. The van der Waals surface area contributed by atoms with Crippen LogP contribution in [-0.4, -0.2) is 31.0 Å². The third-order valence-corrected chi connectivity index (χ3v) is 4.77. The van der Waals surface area contributed by atoms with Gasteiger partial charge in [-0.3, -0.25) is 4.79 Å². The molecule has 1 N–H and O–H groups in total. The van der Waals surface area contributed by atoms with Gasteiger partial charge in [0.1, 0.15) is 11.6 Å². The molecule has 0 spiro atoms. The van der Waals surface area contributed by atoms with Gasteiger partial charge in [0.05, 0.1) is 7.11 Å². The smallest absolute Gasteiger partial charge is 0.223 e. The molecular formula is C21H25FN2O2. The molecular weight excluding hydrogens is 331 g/mol. The quantitative estimate of drug-likeness (QED) is 0.827. The van der Waals surface area contributed by atoms with Crippen LogP contribution < -0.4 is 10.1 Å². The molecule has 1 aliphatic heterocycles. The molecule has 5 heteroatoms. The lowest BCUT2D eigenvalue weighted by molar-refractivity contribution is -0.133. The Hall–Kier alpha value is -2.40. The van der Waals surface area contributed by atoms with Crippen molar-refractivity contribution in [3.63, 3.8) is 0 Å². The normalized spacial score (nSPS) is 16.5. The Morgan fingerprint density at radius 2 is 1.96 bits per heavy atom. The van der Waals surface area contributed by atoms with Crippen LogP contribution in [0.2, 0.25) is 0 Å². The van der Waals surface area contributed by atoms with Crippen LogP contribution in [0.15, 0.2) is 48.5 Å². The number of hydrogen-bond donors (Lipinski definition) is 1. The van der Waals surface area contributed by atoms with Crippen LogP contribution in [0, 0.1) is 11.7 Å². The third-order valence-electron chi connectivity index (χ3n) is 4.77. The zero-order valence-electron chi connectivity index (χ0n) is 15.1. The maximum Gasteiger partial charge on any atom is 0.223 e. The topological polar surface area (TPSA) is 41.6 Å². The van der Waals surface area contributed by atoms with Crippen molar-refractivity contribution in [3.8, 4) is 5.75 Å². The van der Waals surface area contributed by atoms with Crippen molar-refractivity contribution in [2.24, 2.45) is 5.92 Å². The van der Waals surface area contributed by atoms with Crippen molar-refractivity contribution in [3.05, 3.63) is 65.5 Å². The summed E-state index contributed by atoms with van der Waals surface area (Å²) in [6.45, 7) is 2.77. The number of benzene rings is 2. The predicted molar refractivity (Wildman–Crippen MR) is 99.2 cm³/mol. The monoisotopic (exact) mass is 356 g/mol. The van der Waals surface area contributed by atoms with E-state index >= 15 is 0 Å². The molecule has 1 atom stereocenters. The standard InChI is InChI=1S/C21H25FN2O2/c1-26-20-7-5-16(6-8-20)14-24(15-18-3-2-4-19(22)11-18)21(25)12-17-9-10-23-13-17/h2-8,11,17,23H,9-10,12-15H2,1H3/t17-/m1/s1. The summed E-state index contributed by atoms with van der Waals surface area (Å²) in [6.07, 6.45) is 1.56. The van der Waals surface area contributed by atoms with E-state index in [2.05, 4.69) is 5.32 Å². The number of carbonyl (C=O) groups is 1. The van der Waals surface area contributed by atoms with Gasteiger partial charge in [-0.1, -0.05) is 24.3 Å². The van der Waals surface area contributed by atoms with Crippen LogP contribution >= 0.6 is 0 Å². The van der Waals surface area contributed by atoms with Gasteiger partial charge in [-0.25, -0.2) is 4.39 Å². The van der Waals surface area contributed by atoms with Crippen LogP contribution in [0.4, 0.5) is 4.39 Å². The van der Waals surface area contributed by atoms with Crippen molar-refractivity contribution in [2.45, 2.75) is 25.9 Å². The second kappa shape index (κ2) is 8.81. The van der Waals surface area contributed by atoms with E-state index in [1.165, 1.54) is 12.1 Å². The fourth-order valence-electron chi connectivity index (χ4n) is 3.30. The highest BCUT2D eigenvalue weighted by atomic mass is 19.1. The molecule has 26 heavy (non-hydrogen) atoms. The van der Waals surface area contributed by atoms with E-state index in [1.54, 1.807) is 13.2 Å². The van der Waals surface area contributed by atoms with E-state index in [-0.39, 0.29) is 11.7 Å². The number of amides is 1. The van der Waals surface area contributed by atoms with Gasteiger partial charge in [-0.05, 0) is 60.8 Å². The number of nitrogens with zero attached hydrogens (tertiary/aromatic N) is 1. The van der Waals surface area contributed by atoms with Crippen molar-refractivity contribution in [1.82, 2.24) is 10.2 Å². The molecule has 0 bridgehead atoms. The molecule has 1 fully saturated rings. The highest BCUT2D eigenvalue weighted by Crippen LogP contribution is 2.19. The van der Waals surface area contributed by atoms with Crippen LogP contribution in [0.5, 0.6) is 5.75 Å². The molecule has 1 aliphatic rings. The highest BCUT2D eigenvalue weighted by Gasteiger charge is 2.22. The molecule has 4 nitrogen and oxygen atoms in total. The van der Waals surface area contributed by atoms with Crippen molar-refractivity contribution < 1.29 is 13.9 Å². The van der Waals surface area contributed by atoms with Crippen LogP contribution in [0.1, 0.15) is 24.0 Å². The Morgan fingerprint density at radius 1 is 1.19 bits per heavy atom. The number of methoxy groups -OCH3 is 1. The molecule has 138 valence electrons. The summed E-state index contributed by atoms with van der Waals surface area (Å²) >= 11 is 0. The largest absolute Gasteiger partial charge is 0.497 e. The number of carbonyl (C=O) groups excluding carboxylic acids is 1. The van der Waals surface area contributed by atoms with Gasteiger partial charge in [-0.15, -0.1) is 0 Å². The van der Waals surface area contributed by atoms with Crippen molar-refractivity contribution >= 4 is 5.91 Å². The Labute approximate surface area is 154 Å². The maximum atomic E-state index is 13.5. The maximum absolute atomic E-state index is 13.5. The first kappa shape index (κ1) is 18.4.